The van der Waals surface area contributed by atoms with E-state index < -0.39 is 0 Å². The standard InChI is InChI=1S/C19H32N4O2/c1-11(2)16(25)14-10-20-18(23-19(4,5)6)22-17(14)21-13-8-7-12(3)15(24)9-13/h10-13,15,24H,7-9H2,1-6H3,(H2,20,21,22,23)/t12-,13-,15-/m1/s1. The fourth-order valence-electron chi connectivity index (χ4n) is 3.00. The van der Waals surface area contributed by atoms with Crippen molar-refractivity contribution in [1.82, 2.24) is 9.97 Å². The monoisotopic (exact) mass is 348 g/mol. The Morgan fingerprint density at radius 3 is 2.56 bits per heavy atom. The van der Waals surface area contributed by atoms with Crippen LogP contribution in [0.25, 0.3) is 0 Å². The largest absolute Gasteiger partial charge is 0.393 e. The van der Waals surface area contributed by atoms with Crippen molar-refractivity contribution in [2.24, 2.45) is 11.8 Å². The molecule has 3 N–H and O–H groups in total. The fourth-order valence-corrected chi connectivity index (χ4v) is 3.00. The zero-order valence-electron chi connectivity index (χ0n) is 16.3. The van der Waals surface area contributed by atoms with E-state index in [4.69, 9.17) is 0 Å². The Hall–Kier alpha value is -1.69. The molecule has 0 radical (unpaired) electrons. The lowest BCUT2D eigenvalue weighted by Crippen LogP contribution is -2.35. The van der Waals surface area contributed by atoms with E-state index in [1.54, 1.807) is 6.20 Å². The van der Waals surface area contributed by atoms with E-state index in [1.165, 1.54) is 0 Å². The summed E-state index contributed by atoms with van der Waals surface area (Å²) >= 11 is 0. The predicted molar refractivity (Wildman–Crippen MR) is 101 cm³/mol. The molecule has 1 aromatic rings. The molecule has 0 amide bonds. The van der Waals surface area contributed by atoms with Crippen LogP contribution in [-0.2, 0) is 0 Å². The second-order valence-electron chi connectivity index (χ2n) is 8.55. The summed E-state index contributed by atoms with van der Waals surface area (Å²) in [6.45, 7) is 11.9. The van der Waals surface area contributed by atoms with Crippen LogP contribution in [0.4, 0.5) is 11.8 Å². The summed E-state index contributed by atoms with van der Waals surface area (Å²) in [5, 5.41) is 16.8. The van der Waals surface area contributed by atoms with Crippen molar-refractivity contribution in [3.8, 4) is 0 Å². The molecular formula is C19H32N4O2. The van der Waals surface area contributed by atoms with E-state index in [9.17, 15) is 9.90 Å². The molecule has 25 heavy (non-hydrogen) atoms. The number of nitrogens with zero attached hydrogens (tertiary/aromatic N) is 2. The van der Waals surface area contributed by atoms with Crippen molar-refractivity contribution in [2.45, 2.75) is 78.5 Å². The summed E-state index contributed by atoms with van der Waals surface area (Å²) in [5.74, 6) is 1.28. The quantitative estimate of drug-likeness (QED) is 0.706. The number of aliphatic hydroxyl groups excluding tert-OH is 1. The topological polar surface area (TPSA) is 87.1 Å². The first-order chi connectivity index (χ1) is 11.6. The first-order valence-corrected chi connectivity index (χ1v) is 9.21. The summed E-state index contributed by atoms with van der Waals surface area (Å²) in [7, 11) is 0. The van der Waals surface area contributed by atoms with Gasteiger partial charge in [-0.1, -0.05) is 20.8 Å². The molecule has 6 heteroatoms. The minimum absolute atomic E-state index is 0.0227. The van der Waals surface area contributed by atoms with E-state index in [0.29, 0.717) is 29.7 Å². The van der Waals surface area contributed by atoms with Gasteiger partial charge in [0.1, 0.15) is 5.82 Å². The maximum atomic E-state index is 12.5. The van der Waals surface area contributed by atoms with Crippen molar-refractivity contribution in [3.05, 3.63) is 11.8 Å². The Morgan fingerprint density at radius 1 is 1.32 bits per heavy atom. The van der Waals surface area contributed by atoms with Crippen LogP contribution in [0.1, 0.15) is 71.2 Å². The van der Waals surface area contributed by atoms with Crippen molar-refractivity contribution in [1.29, 1.82) is 0 Å². The van der Waals surface area contributed by atoms with Crippen molar-refractivity contribution in [3.63, 3.8) is 0 Å². The summed E-state index contributed by atoms with van der Waals surface area (Å²) in [6.07, 6.45) is 3.88. The molecular weight excluding hydrogens is 316 g/mol. The number of aliphatic hydroxyl groups is 1. The van der Waals surface area contributed by atoms with Crippen LogP contribution < -0.4 is 10.6 Å². The van der Waals surface area contributed by atoms with Gasteiger partial charge in [-0.05, 0) is 46.0 Å². The van der Waals surface area contributed by atoms with Gasteiger partial charge in [0.25, 0.3) is 0 Å². The van der Waals surface area contributed by atoms with Gasteiger partial charge in [0.05, 0.1) is 11.7 Å². The number of nitrogens with one attached hydrogen (secondary N) is 2. The maximum Gasteiger partial charge on any atom is 0.225 e. The number of carbonyl (C=O) groups excluding carboxylic acids is 1. The second kappa shape index (κ2) is 7.68. The average molecular weight is 348 g/mol. The van der Waals surface area contributed by atoms with E-state index in [-0.39, 0.29) is 29.4 Å². The third-order valence-corrected chi connectivity index (χ3v) is 4.56. The fraction of sp³-hybridized carbons (Fsp3) is 0.737. The number of hydrogen-bond donors (Lipinski definition) is 3. The number of anilines is 2. The zero-order chi connectivity index (χ0) is 18.8. The lowest BCUT2D eigenvalue weighted by Gasteiger charge is -2.32. The number of hydrogen-bond acceptors (Lipinski definition) is 6. The molecule has 1 aliphatic rings. The highest BCUT2D eigenvalue weighted by atomic mass is 16.3. The zero-order valence-corrected chi connectivity index (χ0v) is 16.3. The number of aromatic nitrogens is 2. The molecule has 1 saturated carbocycles. The third kappa shape index (κ3) is 5.39. The minimum atomic E-state index is -0.315. The molecule has 3 atom stereocenters. The Labute approximate surface area is 150 Å². The van der Waals surface area contributed by atoms with E-state index in [2.05, 4.69) is 27.5 Å². The number of Topliss-reactive ketones (excluding diaryl/α,β-unsaturated/α-hetero) is 1. The molecule has 0 unspecified atom stereocenters. The molecule has 1 fully saturated rings. The van der Waals surface area contributed by atoms with Gasteiger partial charge in [0.2, 0.25) is 5.95 Å². The molecule has 140 valence electrons. The number of rotatable bonds is 5. The highest BCUT2D eigenvalue weighted by Crippen LogP contribution is 2.28. The van der Waals surface area contributed by atoms with Crippen molar-refractivity contribution >= 4 is 17.5 Å². The lowest BCUT2D eigenvalue weighted by atomic mass is 9.85. The highest BCUT2D eigenvalue weighted by Gasteiger charge is 2.28. The van der Waals surface area contributed by atoms with Crippen LogP contribution in [-0.4, -0.2) is 38.5 Å². The Bertz CT molecular complexity index is 610. The summed E-state index contributed by atoms with van der Waals surface area (Å²) < 4.78 is 0. The second-order valence-corrected chi connectivity index (χ2v) is 8.55. The third-order valence-electron chi connectivity index (χ3n) is 4.56. The van der Waals surface area contributed by atoms with Gasteiger partial charge in [-0.3, -0.25) is 4.79 Å². The Balaban J connectivity index is 2.27. The van der Waals surface area contributed by atoms with E-state index >= 15 is 0 Å². The molecule has 6 nitrogen and oxygen atoms in total. The summed E-state index contributed by atoms with van der Waals surface area (Å²) in [5.41, 5.74) is 0.347. The number of carbonyl (C=O) groups is 1. The molecule has 0 aliphatic heterocycles. The lowest BCUT2D eigenvalue weighted by molar-refractivity contribution is 0.0739. The summed E-state index contributed by atoms with van der Waals surface area (Å²) in [4.78, 5) is 21.4. The Kier molecular flexibility index (Phi) is 6.03. The molecule has 1 aliphatic carbocycles. The average Bonchev–Trinajstić information content (AvgIpc) is 2.49. The van der Waals surface area contributed by atoms with E-state index in [1.807, 2.05) is 34.6 Å². The Morgan fingerprint density at radius 2 is 2.00 bits per heavy atom. The van der Waals surface area contributed by atoms with Crippen LogP contribution in [0.15, 0.2) is 6.20 Å². The van der Waals surface area contributed by atoms with Crippen molar-refractivity contribution < 1.29 is 9.90 Å². The molecule has 1 heterocycles. The first-order valence-electron chi connectivity index (χ1n) is 9.21. The van der Waals surface area contributed by atoms with Crippen LogP contribution in [0.2, 0.25) is 0 Å². The molecule has 0 bridgehead atoms. The van der Waals surface area contributed by atoms with Crippen LogP contribution in [0.5, 0.6) is 0 Å². The SMILES string of the molecule is CC(C)C(=O)c1cnc(NC(C)(C)C)nc1N[C@@H]1CC[C@@H](C)[C@H](O)C1. The minimum Gasteiger partial charge on any atom is -0.393 e. The van der Waals surface area contributed by atoms with Crippen LogP contribution in [0.3, 0.4) is 0 Å². The van der Waals surface area contributed by atoms with Crippen LogP contribution in [0, 0.1) is 11.8 Å². The molecule has 1 aromatic heterocycles. The molecule has 0 saturated heterocycles. The number of ketones is 1. The smallest absolute Gasteiger partial charge is 0.225 e. The van der Waals surface area contributed by atoms with Crippen molar-refractivity contribution in [2.75, 3.05) is 10.6 Å². The highest BCUT2D eigenvalue weighted by molar-refractivity contribution is 6.01. The van der Waals surface area contributed by atoms with Gasteiger partial charge in [-0.25, -0.2) is 4.98 Å². The van der Waals surface area contributed by atoms with Gasteiger partial charge >= 0.3 is 0 Å². The van der Waals surface area contributed by atoms with Gasteiger partial charge in [0, 0.05) is 23.7 Å². The van der Waals surface area contributed by atoms with Gasteiger partial charge in [-0.2, -0.15) is 4.98 Å². The van der Waals surface area contributed by atoms with Gasteiger partial charge in [0.15, 0.2) is 5.78 Å². The molecule has 2 rings (SSSR count). The van der Waals surface area contributed by atoms with Gasteiger partial charge in [-0.15, -0.1) is 0 Å². The predicted octanol–water partition coefficient (Wildman–Crippen LogP) is 3.49. The van der Waals surface area contributed by atoms with Gasteiger partial charge < -0.3 is 15.7 Å². The van der Waals surface area contributed by atoms with Crippen LogP contribution >= 0.6 is 0 Å². The maximum absolute atomic E-state index is 12.5. The first kappa shape index (κ1) is 19.6. The molecule has 0 aromatic carbocycles. The van der Waals surface area contributed by atoms with E-state index in [0.717, 1.165) is 12.8 Å². The normalized spacial score (nSPS) is 24.2. The molecule has 0 spiro atoms. The summed E-state index contributed by atoms with van der Waals surface area (Å²) in [6, 6.07) is 0.113.